The van der Waals surface area contributed by atoms with Crippen LogP contribution in [-0.4, -0.2) is 117 Å². The van der Waals surface area contributed by atoms with Crippen LogP contribution in [0.5, 0.6) is 0 Å². The summed E-state index contributed by atoms with van der Waals surface area (Å²) in [6.45, 7) is 2.61. The van der Waals surface area contributed by atoms with E-state index in [1.165, 1.54) is 6.07 Å². The molecule has 0 spiro atoms. The van der Waals surface area contributed by atoms with Crippen molar-refractivity contribution in [3.05, 3.63) is 45.5 Å². The van der Waals surface area contributed by atoms with Crippen LogP contribution in [0.4, 0.5) is 34.0 Å². The Bertz CT molecular complexity index is 1750. The SMILES string of the molecule is CCCCOCNc1ccn([C@H]2O[C@@H](COC(=O)CCC(=O)OC[C@H]3O[C@@H](n4ccc(NC(=O)OCCCC)nc4=O)C(F)(F)[C@@H]3O)[C@H](O)C2(F)F)c(=O)n1. The van der Waals surface area contributed by atoms with Crippen molar-refractivity contribution in [2.75, 3.05) is 43.8 Å². The second-order valence-corrected chi connectivity index (χ2v) is 12.4. The van der Waals surface area contributed by atoms with E-state index in [2.05, 4.69) is 20.6 Å². The van der Waals surface area contributed by atoms with Crippen LogP contribution in [-0.2, 0) is 38.0 Å². The highest BCUT2D eigenvalue weighted by atomic mass is 19.3. The molecule has 2 fully saturated rings. The molecule has 4 heterocycles. The van der Waals surface area contributed by atoms with Crippen molar-refractivity contribution in [2.24, 2.45) is 0 Å². The molecule has 6 atom stereocenters. The zero-order valence-corrected chi connectivity index (χ0v) is 29.7. The van der Waals surface area contributed by atoms with Gasteiger partial charge < -0.3 is 44.0 Å². The second-order valence-electron chi connectivity index (χ2n) is 12.4. The molecule has 0 unspecified atom stereocenters. The van der Waals surface area contributed by atoms with Gasteiger partial charge in [-0.2, -0.15) is 27.5 Å². The number of aliphatic hydroxyl groups is 2. The number of anilines is 2. The molecule has 0 saturated carbocycles. The number of aromatic nitrogens is 4. The van der Waals surface area contributed by atoms with Crippen LogP contribution < -0.4 is 22.0 Å². The number of hydrogen-bond donors (Lipinski definition) is 4. The van der Waals surface area contributed by atoms with Crippen molar-refractivity contribution in [1.29, 1.82) is 0 Å². The Morgan fingerprint density at radius 2 is 1.25 bits per heavy atom. The molecule has 2 aromatic rings. The van der Waals surface area contributed by atoms with Crippen molar-refractivity contribution in [2.45, 2.75) is 101 Å². The number of esters is 2. The first kappa shape index (κ1) is 43.0. The molecule has 2 aliphatic rings. The van der Waals surface area contributed by atoms with Crippen molar-refractivity contribution >= 4 is 29.7 Å². The Morgan fingerprint density at radius 1 is 0.782 bits per heavy atom. The lowest BCUT2D eigenvalue weighted by atomic mass is 10.1. The maximum Gasteiger partial charge on any atom is 0.412 e. The summed E-state index contributed by atoms with van der Waals surface area (Å²) in [7, 11) is 0. The number of amides is 1. The second kappa shape index (κ2) is 19.2. The highest BCUT2D eigenvalue weighted by molar-refractivity contribution is 5.83. The highest BCUT2D eigenvalue weighted by Gasteiger charge is 2.61. The molecular weight excluding hydrogens is 752 g/mol. The molecule has 2 saturated heterocycles. The van der Waals surface area contributed by atoms with E-state index in [1.54, 1.807) is 0 Å². The van der Waals surface area contributed by atoms with Crippen LogP contribution in [0, 0.1) is 0 Å². The van der Waals surface area contributed by atoms with Gasteiger partial charge in [-0.25, -0.2) is 14.4 Å². The lowest BCUT2D eigenvalue weighted by Gasteiger charge is -2.21. The number of halogens is 4. The van der Waals surface area contributed by atoms with E-state index in [9.17, 15) is 51.7 Å². The Balaban J connectivity index is 1.22. The average Bonchev–Trinajstić information content (AvgIpc) is 3.50. The normalized spacial score (nSPS) is 23.9. The Morgan fingerprint density at radius 3 is 1.75 bits per heavy atom. The van der Waals surface area contributed by atoms with E-state index >= 15 is 0 Å². The first-order chi connectivity index (χ1) is 26.1. The van der Waals surface area contributed by atoms with Gasteiger partial charge in [-0.1, -0.05) is 26.7 Å². The van der Waals surface area contributed by atoms with Gasteiger partial charge in [0.05, 0.1) is 19.4 Å². The molecule has 55 heavy (non-hydrogen) atoms. The third-order valence-electron chi connectivity index (χ3n) is 8.23. The van der Waals surface area contributed by atoms with Gasteiger partial charge in [0.15, 0.2) is 12.2 Å². The number of rotatable bonds is 19. The number of nitrogens with one attached hydrogen (secondary N) is 2. The summed E-state index contributed by atoms with van der Waals surface area (Å²) in [5.74, 6) is -10.6. The van der Waals surface area contributed by atoms with Gasteiger partial charge in [-0.05, 0) is 25.0 Å². The minimum atomic E-state index is -4.07. The Hall–Kier alpha value is -4.71. The van der Waals surface area contributed by atoms with Crippen molar-refractivity contribution < 1.29 is 70.6 Å². The number of aliphatic hydroxyl groups excluding tert-OH is 2. The fraction of sp³-hybridized carbons (Fsp3) is 0.656. The summed E-state index contributed by atoms with van der Waals surface area (Å²) < 4.78 is 90.8. The first-order valence-electron chi connectivity index (χ1n) is 17.3. The minimum absolute atomic E-state index is 0.0198. The lowest BCUT2D eigenvalue weighted by Crippen LogP contribution is -2.42. The monoisotopic (exact) mass is 794 g/mol. The molecule has 0 radical (unpaired) electrons. The Kier molecular flexibility index (Phi) is 15.1. The van der Waals surface area contributed by atoms with Gasteiger partial charge >= 0.3 is 41.3 Å². The summed E-state index contributed by atoms with van der Waals surface area (Å²) in [4.78, 5) is 68.4. The number of unbranched alkanes of at least 4 members (excludes halogenated alkanes) is 2. The maximum atomic E-state index is 14.9. The van der Waals surface area contributed by atoms with Crippen LogP contribution in [0.15, 0.2) is 34.1 Å². The molecule has 2 aromatic heterocycles. The number of nitrogens with zero attached hydrogens (tertiary/aromatic N) is 4. The van der Waals surface area contributed by atoms with Gasteiger partial charge in [-0.15, -0.1) is 0 Å². The lowest BCUT2D eigenvalue weighted by molar-refractivity contribution is -0.157. The summed E-state index contributed by atoms with van der Waals surface area (Å²) in [6.07, 6.45) is -10.7. The predicted molar refractivity (Wildman–Crippen MR) is 177 cm³/mol. The van der Waals surface area contributed by atoms with Crippen molar-refractivity contribution in [1.82, 2.24) is 19.1 Å². The predicted octanol–water partition coefficient (Wildman–Crippen LogP) is 1.69. The molecule has 23 heteroatoms. The number of alkyl halides is 4. The highest BCUT2D eigenvalue weighted by Crippen LogP contribution is 2.43. The summed E-state index contributed by atoms with van der Waals surface area (Å²) in [5, 5.41) is 25.3. The zero-order valence-electron chi connectivity index (χ0n) is 29.7. The van der Waals surface area contributed by atoms with Gasteiger partial charge in [0.2, 0.25) is 12.5 Å². The molecule has 2 aliphatic heterocycles. The van der Waals surface area contributed by atoms with Crippen LogP contribution in [0.2, 0.25) is 0 Å². The molecule has 0 aromatic carbocycles. The largest absolute Gasteiger partial charge is 0.463 e. The first-order valence-corrected chi connectivity index (χ1v) is 17.3. The van der Waals surface area contributed by atoms with E-state index in [0.29, 0.717) is 22.2 Å². The summed E-state index contributed by atoms with van der Waals surface area (Å²) >= 11 is 0. The Labute approximate surface area is 309 Å². The van der Waals surface area contributed by atoms with E-state index in [4.69, 9.17) is 28.4 Å². The van der Waals surface area contributed by atoms with E-state index < -0.39 is 104 Å². The van der Waals surface area contributed by atoms with E-state index in [1.807, 2.05) is 13.8 Å². The molecule has 306 valence electrons. The number of carbonyl (C=O) groups excluding carboxylic acids is 3. The quantitative estimate of drug-likeness (QED) is 0.0520. The van der Waals surface area contributed by atoms with Crippen LogP contribution in [0.3, 0.4) is 0 Å². The third kappa shape index (κ3) is 11.0. The van der Waals surface area contributed by atoms with E-state index in [-0.39, 0.29) is 25.0 Å². The van der Waals surface area contributed by atoms with Gasteiger partial charge in [0.1, 0.15) is 43.8 Å². The fourth-order valence-electron chi connectivity index (χ4n) is 5.15. The zero-order chi connectivity index (χ0) is 40.3. The molecule has 0 aliphatic carbocycles. The van der Waals surface area contributed by atoms with Crippen molar-refractivity contribution in [3.63, 3.8) is 0 Å². The minimum Gasteiger partial charge on any atom is -0.463 e. The van der Waals surface area contributed by atoms with Gasteiger partial charge in [0, 0.05) is 19.0 Å². The maximum absolute atomic E-state index is 14.9. The van der Waals surface area contributed by atoms with Crippen molar-refractivity contribution in [3.8, 4) is 0 Å². The number of carbonyl (C=O) groups is 3. The third-order valence-corrected chi connectivity index (χ3v) is 8.23. The molecule has 1 amide bonds. The summed E-state index contributed by atoms with van der Waals surface area (Å²) in [5.41, 5.74) is -2.40. The molecule has 19 nitrogen and oxygen atoms in total. The summed E-state index contributed by atoms with van der Waals surface area (Å²) in [6, 6.07) is 2.24. The van der Waals surface area contributed by atoms with E-state index in [0.717, 1.165) is 37.7 Å². The molecule has 4 rings (SSSR count). The topological polar surface area (TPSA) is 241 Å². The van der Waals surface area contributed by atoms with Gasteiger partial charge in [0.25, 0.3) is 0 Å². The van der Waals surface area contributed by atoms with Gasteiger partial charge in [-0.3, -0.25) is 24.0 Å². The fourth-order valence-corrected chi connectivity index (χ4v) is 5.15. The molecular formula is C32H42F4N6O13. The van der Waals surface area contributed by atoms with Crippen LogP contribution >= 0.6 is 0 Å². The number of hydrogen-bond acceptors (Lipinski definition) is 16. The smallest absolute Gasteiger partial charge is 0.412 e. The average molecular weight is 795 g/mol. The number of ether oxygens (including phenoxy) is 6. The molecule has 0 bridgehead atoms. The van der Waals surface area contributed by atoms with Crippen LogP contribution in [0.25, 0.3) is 0 Å². The standard InChI is InChI=1S/C32H42F4N6O13/c1-3-5-13-50-17-37-20-9-11-41(28(47)38-20)26-31(33,34)24(45)18(54-26)15-52-22(43)7-8-23(44)53-16-19-25(46)32(35,36)27(55-19)42-12-10-21(39-29(42)48)40-30(49)51-14-6-4-2/h9-12,18-19,24-27,45-46H,3-8,13-17H2,1-2H3,(H,37,38,47)(H,39,40,48,49)/t18-,19+,24-,25+,26-,27+/m0/s1. The van der Waals surface area contributed by atoms with Crippen LogP contribution in [0.1, 0.15) is 64.8 Å². The molecule has 4 N–H and O–H groups in total.